The second-order valence-electron chi connectivity index (χ2n) is 4.10. The first-order valence-corrected chi connectivity index (χ1v) is 7.06. The van der Waals surface area contributed by atoms with Crippen LogP contribution in [-0.4, -0.2) is 36.7 Å². The molecule has 0 aliphatic carbocycles. The van der Waals surface area contributed by atoms with Gasteiger partial charge in [0.1, 0.15) is 0 Å². The van der Waals surface area contributed by atoms with Gasteiger partial charge in [-0.05, 0) is 26.3 Å². The lowest BCUT2D eigenvalue weighted by Gasteiger charge is -2.17. The molecule has 0 fully saturated rings. The fourth-order valence-electron chi connectivity index (χ4n) is 1.49. The Bertz CT molecular complexity index is 188. The van der Waals surface area contributed by atoms with Gasteiger partial charge in [0.15, 0.2) is 0 Å². The number of carbonyl (C=O) groups is 1. The van der Waals surface area contributed by atoms with E-state index in [2.05, 4.69) is 30.8 Å². The maximum Gasteiger partial charge on any atom is 0.306 e. The minimum Gasteiger partial charge on any atom is -0.469 e. The minimum absolute atomic E-state index is 0.114. The van der Waals surface area contributed by atoms with Gasteiger partial charge in [0.2, 0.25) is 0 Å². The summed E-state index contributed by atoms with van der Waals surface area (Å²) < 4.78 is 4.60. The largest absolute Gasteiger partial charge is 0.469 e. The fourth-order valence-corrected chi connectivity index (χ4v) is 2.60. The molecule has 0 aromatic rings. The van der Waals surface area contributed by atoms with Crippen LogP contribution in [0.2, 0.25) is 0 Å². The summed E-state index contributed by atoms with van der Waals surface area (Å²) in [6, 6.07) is 0.556. The van der Waals surface area contributed by atoms with Gasteiger partial charge in [-0.1, -0.05) is 13.8 Å². The summed E-state index contributed by atoms with van der Waals surface area (Å²) in [5, 5.41) is 4.06. The van der Waals surface area contributed by atoms with E-state index in [1.165, 1.54) is 13.5 Å². The lowest BCUT2D eigenvalue weighted by Crippen LogP contribution is -2.29. The number of ether oxygens (including phenoxy) is 1. The van der Waals surface area contributed by atoms with Crippen molar-refractivity contribution in [2.24, 2.45) is 0 Å². The zero-order valence-electron chi connectivity index (χ0n) is 10.9. The smallest absolute Gasteiger partial charge is 0.306 e. The number of esters is 1. The SMILES string of the molecule is CCCNC(C)CC(C)SCCC(=O)OC. The minimum atomic E-state index is -0.114. The third kappa shape index (κ3) is 9.04. The summed E-state index contributed by atoms with van der Waals surface area (Å²) in [6.45, 7) is 7.69. The molecule has 1 N–H and O–H groups in total. The van der Waals surface area contributed by atoms with Crippen molar-refractivity contribution in [3.05, 3.63) is 0 Å². The van der Waals surface area contributed by atoms with Crippen molar-refractivity contribution >= 4 is 17.7 Å². The first-order valence-electron chi connectivity index (χ1n) is 6.01. The van der Waals surface area contributed by atoms with E-state index in [4.69, 9.17) is 0 Å². The molecule has 0 amide bonds. The number of methoxy groups -OCH3 is 1. The van der Waals surface area contributed by atoms with Crippen molar-refractivity contribution < 1.29 is 9.53 Å². The highest BCUT2D eigenvalue weighted by Crippen LogP contribution is 2.16. The molecule has 0 radical (unpaired) electrons. The standard InChI is InChI=1S/C12H25NO2S/c1-5-7-13-10(2)9-11(3)16-8-6-12(14)15-4/h10-11,13H,5-9H2,1-4H3. The predicted octanol–water partition coefficient (Wildman–Crippen LogP) is 2.45. The molecule has 0 aromatic heterocycles. The normalized spacial score (nSPS) is 14.5. The quantitative estimate of drug-likeness (QED) is 0.635. The van der Waals surface area contributed by atoms with Gasteiger partial charge in [-0.2, -0.15) is 11.8 Å². The van der Waals surface area contributed by atoms with Crippen LogP contribution in [0.3, 0.4) is 0 Å². The van der Waals surface area contributed by atoms with Crippen molar-refractivity contribution in [1.82, 2.24) is 5.32 Å². The molecule has 0 spiro atoms. The van der Waals surface area contributed by atoms with Crippen LogP contribution in [0.1, 0.15) is 40.0 Å². The van der Waals surface area contributed by atoms with Crippen LogP contribution in [0, 0.1) is 0 Å². The number of nitrogens with one attached hydrogen (secondary N) is 1. The van der Waals surface area contributed by atoms with Crippen LogP contribution in [0.4, 0.5) is 0 Å². The molecular weight excluding hydrogens is 222 g/mol. The summed E-state index contributed by atoms with van der Waals surface area (Å²) in [6.07, 6.45) is 2.84. The molecule has 3 nitrogen and oxygen atoms in total. The molecule has 2 unspecified atom stereocenters. The Morgan fingerprint density at radius 1 is 1.44 bits per heavy atom. The van der Waals surface area contributed by atoms with Crippen molar-refractivity contribution in [3.8, 4) is 0 Å². The highest BCUT2D eigenvalue weighted by atomic mass is 32.2. The Balaban J connectivity index is 3.49. The lowest BCUT2D eigenvalue weighted by molar-refractivity contribution is -0.140. The molecule has 96 valence electrons. The molecule has 0 rings (SSSR count). The van der Waals surface area contributed by atoms with E-state index in [-0.39, 0.29) is 5.97 Å². The Labute approximate surface area is 104 Å². The average Bonchev–Trinajstić information content (AvgIpc) is 2.25. The third-order valence-electron chi connectivity index (χ3n) is 2.36. The first kappa shape index (κ1) is 15.8. The van der Waals surface area contributed by atoms with Crippen LogP contribution >= 0.6 is 11.8 Å². The van der Waals surface area contributed by atoms with Gasteiger partial charge in [0.25, 0.3) is 0 Å². The van der Waals surface area contributed by atoms with Crippen LogP contribution < -0.4 is 5.32 Å². The summed E-state index contributed by atoms with van der Waals surface area (Å²) in [7, 11) is 1.44. The maximum atomic E-state index is 10.9. The van der Waals surface area contributed by atoms with E-state index in [0.717, 1.165) is 18.7 Å². The van der Waals surface area contributed by atoms with Crippen molar-refractivity contribution in [2.75, 3.05) is 19.4 Å². The zero-order valence-corrected chi connectivity index (χ0v) is 11.7. The highest BCUT2D eigenvalue weighted by Gasteiger charge is 2.09. The molecule has 16 heavy (non-hydrogen) atoms. The van der Waals surface area contributed by atoms with E-state index < -0.39 is 0 Å². The molecule has 4 heteroatoms. The number of hydrogen-bond donors (Lipinski definition) is 1. The summed E-state index contributed by atoms with van der Waals surface area (Å²) in [5.74, 6) is 0.741. The molecule has 0 heterocycles. The zero-order chi connectivity index (χ0) is 12.4. The monoisotopic (exact) mass is 247 g/mol. The van der Waals surface area contributed by atoms with Crippen LogP contribution in [0.15, 0.2) is 0 Å². The molecule has 0 aromatic carbocycles. The van der Waals surface area contributed by atoms with Crippen molar-refractivity contribution in [3.63, 3.8) is 0 Å². The van der Waals surface area contributed by atoms with E-state index in [9.17, 15) is 4.79 Å². The van der Waals surface area contributed by atoms with Gasteiger partial charge >= 0.3 is 5.97 Å². The van der Waals surface area contributed by atoms with Crippen LogP contribution in [0.25, 0.3) is 0 Å². The van der Waals surface area contributed by atoms with E-state index in [1.54, 1.807) is 0 Å². The third-order valence-corrected chi connectivity index (χ3v) is 3.57. The fraction of sp³-hybridized carbons (Fsp3) is 0.917. The number of rotatable bonds is 9. The number of carbonyl (C=O) groups excluding carboxylic acids is 1. The second-order valence-corrected chi connectivity index (χ2v) is 5.64. The molecule has 0 saturated carbocycles. The topological polar surface area (TPSA) is 38.3 Å². The van der Waals surface area contributed by atoms with Crippen LogP contribution in [0.5, 0.6) is 0 Å². The molecule has 0 aliphatic heterocycles. The molecular formula is C12H25NO2S. The maximum absolute atomic E-state index is 10.9. The van der Waals surface area contributed by atoms with Gasteiger partial charge in [-0.3, -0.25) is 4.79 Å². The highest BCUT2D eigenvalue weighted by molar-refractivity contribution is 7.99. The van der Waals surface area contributed by atoms with E-state index in [0.29, 0.717) is 17.7 Å². The van der Waals surface area contributed by atoms with Gasteiger partial charge in [0.05, 0.1) is 13.5 Å². The molecule has 0 aliphatic rings. The first-order chi connectivity index (χ1) is 7.60. The Hall–Kier alpha value is -0.220. The molecule has 2 atom stereocenters. The average molecular weight is 247 g/mol. The lowest BCUT2D eigenvalue weighted by atomic mass is 10.2. The van der Waals surface area contributed by atoms with E-state index in [1.807, 2.05) is 11.8 Å². The van der Waals surface area contributed by atoms with Gasteiger partial charge in [-0.15, -0.1) is 0 Å². The van der Waals surface area contributed by atoms with Gasteiger partial charge in [-0.25, -0.2) is 0 Å². The number of thioether (sulfide) groups is 1. The Morgan fingerprint density at radius 2 is 2.12 bits per heavy atom. The van der Waals surface area contributed by atoms with Crippen molar-refractivity contribution in [2.45, 2.75) is 51.3 Å². The Kier molecular flexibility index (Phi) is 9.83. The van der Waals surface area contributed by atoms with Gasteiger partial charge < -0.3 is 10.1 Å². The van der Waals surface area contributed by atoms with Crippen molar-refractivity contribution in [1.29, 1.82) is 0 Å². The van der Waals surface area contributed by atoms with E-state index >= 15 is 0 Å². The summed E-state index contributed by atoms with van der Waals surface area (Å²) in [5.41, 5.74) is 0. The summed E-state index contributed by atoms with van der Waals surface area (Å²) >= 11 is 1.84. The van der Waals surface area contributed by atoms with Crippen LogP contribution in [-0.2, 0) is 9.53 Å². The molecule has 0 saturated heterocycles. The summed E-state index contributed by atoms with van der Waals surface area (Å²) in [4.78, 5) is 10.9. The number of hydrogen-bond acceptors (Lipinski definition) is 4. The van der Waals surface area contributed by atoms with Gasteiger partial charge in [0, 0.05) is 17.0 Å². The second kappa shape index (κ2) is 9.97. The molecule has 0 bridgehead atoms. The Morgan fingerprint density at radius 3 is 2.69 bits per heavy atom. The predicted molar refractivity (Wildman–Crippen MR) is 70.9 cm³/mol.